The molecule has 2 aromatic carbocycles. The van der Waals surface area contributed by atoms with E-state index in [0.29, 0.717) is 5.11 Å². The maximum absolute atomic E-state index is 5.32. The van der Waals surface area contributed by atoms with Crippen LogP contribution in [0.5, 0.6) is 5.75 Å². The number of aryl methyl sites for hydroxylation is 2. The fraction of sp³-hybridized carbons (Fsp3) is 0.143. The lowest BCUT2D eigenvalue weighted by Crippen LogP contribution is -2.24. The molecule has 0 saturated heterocycles. The van der Waals surface area contributed by atoms with Gasteiger partial charge in [0.05, 0.1) is 19.0 Å². The molecule has 0 aliphatic rings. The van der Waals surface area contributed by atoms with Gasteiger partial charge in [-0.25, -0.2) is 0 Å². The number of benzene rings is 2. The lowest BCUT2D eigenvalue weighted by molar-refractivity contribution is 0.415. The van der Waals surface area contributed by atoms with Crippen LogP contribution in [0.15, 0.2) is 65.9 Å². The van der Waals surface area contributed by atoms with Gasteiger partial charge in [-0.1, -0.05) is 17.7 Å². The molecule has 0 atom stereocenters. The second-order valence-electron chi connectivity index (χ2n) is 6.14. The number of hydrogen-bond acceptors (Lipinski definition) is 3. The summed E-state index contributed by atoms with van der Waals surface area (Å²) in [5, 5.41) is 7.86. The summed E-state index contributed by atoms with van der Waals surface area (Å²) in [6.07, 6.45) is 3.72. The van der Waals surface area contributed by atoms with Crippen molar-refractivity contribution < 1.29 is 4.74 Å². The Morgan fingerprint density at radius 1 is 1.11 bits per heavy atom. The fourth-order valence-electron chi connectivity index (χ4n) is 2.74. The van der Waals surface area contributed by atoms with Crippen LogP contribution in [-0.2, 0) is 0 Å². The number of anilines is 1. The standard InChI is InChI=1S/C21H22N4OS/c1-15-6-11-20(16(2)13-15)23-21(27)24-22-14-18-5-4-12-25(18)17-7-9-19(26-3)10-8-17/h4-14H,1-3H3,(H2,23,24,27)/b22-14-. The van der Waals surface area contributed by atoms with Crippen LogP contribution >= 0.6 is 12.2 Å². The van der Waals surface area contributed by atoms with Crippen molar-refractivity contribution in [1.29, 1.82) is 0 Å². The van der Waals surface area contributed by atoms with Gasteiger partial charge in [-0.2, -0.15) is 5.10 Å². The summed E-state index contributed by atoms with van der Waals surface area (Å²) in [7, 11) is 1.66. The normalized spacial score (nSPS) is 10.8. The Balaban J connectivity index is 1.64. The molecule has 0 unspecified atom stereocenters. The summed E-state index contributed by atoms with van der Waals surface area (Å²) in [5.41, 5.74) is 8.14. The number of rotatable bonds is 5. The van der Waals surface area contributed by atoms with E-state index in [2.05, 4.69) is 28.8 Å². The summed E-state index contributed by atoms with van der Waals surface area (Å²) >= 11 is 5.32. The van der Waals surface area contributed by atoms with Gasteiger partial charge < -0.3 is 14.6 Å². The van der Waals surface area contributed by atoms with Crippen LogP contribution in [0, 0.1) is 13.8 Å². The first-order valence-corrected chi connectivity index (χ1v) is 8.97. The number of aromatic nitrogens is 1. The molecule has 3 rings (SSSR count). The zero-order valence-corrected chi connectivity index (χ0v) is 16.4. The molecule has 3 aromatic rings. The predicted octanol–water partition coefficient (Wildman–Crippen LogP) is 4.42. The highest BCUT2D eigenvalue weighted by Gasteiger charge is 2.03. The van der Waals surface area contributed by atoms with Crippen molar-refractivity contribution in [1.82, 2.24) is 9.99 Å². The van der Waals surface area contributed by atoms with Crippen LogP contribution in [0.3, 0.4) is 0 Å². The van der Waals surface area contributed by atoms with Crippen LogP contribution < -0.4 is 15.5 Å². The van der Waals surface area contributed by atoms with E-state index >= 15 is 0 Å². The maximum atomic E-state index is 5.32. The number of thiocarbonyl (C=S) groups is 1. The molecule has 1 heterocycles. The Morgan fingerprint density at radius 2 is 1.89 bits per heavy atom. The van der Waals surface area contributed by atoms with Crippen LogP contribution in [0.1, 0.15) is 16.8 Å². The van der Waals surface area contributed by atoms with Crippen molar-refractivity contribution in [2.45, 2.75) is 13.8 Å². The van der Waals surface area contributed by atoms with Gasteiger partial charge in [0.15, 0.2) is 5.11 Å². The molecule has 1 aromatic heterocycles. The van der Waals surface area contributed by atoms with Gasteiger partial charge in [0.2, 0.25) is 0 Å². The van der Waals surface area contributed by atoms with Crippen LogP contribution in [-0.4, -0.2) is 23.0 Å². The van der Waals surface area contributed by atoms with Crippen molar-refractivity contribution in [2.75, 3.05) is 12.4 Å². The summed E-state index contributed by atoms with van der Waals surface area (Å²) in [6, 6.07) is 18.0. The number of ether oxygens (including phenoxy) is 1. The molecule has 5 nitrogen and oxygen atoms in total. The average molecular weight is 379 g/mol. The molecular weight excluding hydrogens is 356 g/mol. The Kier molecular flexibility index (Phi) is 5.88. The van der Waals surface area contributed by atoms with Gasteiger partial charge in [0.25, 0.3) is 0 Å². The Bertz CT molecular complexity index is 961. The molecule has 0 saturated carbocycles. The van der Waals surface area contributed by atoms with E-state index in [-0.39, 0.29) is 0 Å². The fourth-order valence-corrected chi connectivity index (χ4v) is 2.90. The number of methoxy groups -OCH3 is 1. The van der Waals surface area contributed by atoms with E-state index < -0.39 is 0 Å². The zero-order chi connectivity index (χ0) is 19.2. The molecule has 0 fully saturated rings. The van der Waals surface area contributed by atoms with E-state index in [1.54, 1.807) is 13.3 Å². The van der Waals surface area contributed by atoms with Gasteiger partial charge >= 0.3 is 0 Å². The Morgan fingerprint density at radius 3 is 2.59 bits per heavy atom. The summed E-state index contributed by atoms with van der Waals surface area (Å²) in [4.78, 5) is 0. The van der Waals surface area contributed by atoms with E-state index in [1.165, 1.54) is 5.56 Å². The minimum Gasteiger partial charge on any atom is -0.497 e. The third-order valence-corrected chi connectivity index (χ3v) is 4.32. The van der Waals surface area contributed by atoms with E-state index in [4.69, 9.17) is 17.0 Å². The molecule has 0 radical (unpaired) electrons. The quantitative estimate of drug-likeness (QED) is 0.392. The molecule has 0 aliphatic heterocycles. The molecule has 0 spiro atoms. The first-order chi connectivity index (χ1) is 13.1. The first-order valence-electron chi connectivity index (χ1n) is 8.56. The molecule has 6 heteroatoms. The lowest BCUT2D eigenvalue weighted by atomic mass is 10.1. The largest absolute Gasteiger partial charge is 0.497 e. The molecule has 0 amide bonds. The van der Waals surface area contributed by atoms with Gasteiger partial charge in [-0.05, 0) is 74.1 Å². The molecule has 0 aliphatic carbocycles. The van der Waals surface area contributed by atoms with Gasteiger partial charge in [-0.15, -0.1) is 0 Å². The maximum Gasteiger partial charge on any atom is 0.191 e. The SMILES string of the molecule is COc1ccc(-n2cccc2/C=N\NC(=S)Nc2ccc(C)cc2C)cc1. The van der Waals surface area contributed by atoms with Crippen molar-refractivity contribution in [3.8, 4) is 11.4 Å². The highest BCUT2D eigenvalue weighted by Crippen LogP contribution is 2.17. The highest BCUT2D eigenvalue weighted by molar-refractivity contribution is 7.80. The molecular formula is C21H22N4OS. The summed E-state index contributed by atoms with van der Waals surface area (Å²) < 4.78 is 7.24. The van der Waals surface area contributed by atoms with Crippen LogP contribution in [0.25, 0.3) is 5.69 Å². The smallest absolute Gasteiger partial charge is 0.191 e. The lowest BCUT2D eigenvalue weighted by Gasteiger charge is -2.10. The topological polar surface area (TPSA) is 50.6 Å². The molecule has 138 valence electrons. The van der Waals surface area contributed by atoms with E-state index in [1.807, 2.05) is 66.2 Å². The minimum absolute atomic E-state index is 0.445. The zero-order valence-electron chi connectivity index (χ0n) is 15.6. The van der Waals surface area contributed by atoms with Gasteiger partial charge in [0, 0.05) is 17.6 Å². The first kappa shape index (κ1) is 18.7. The Labute approximate surface area is 164 Å². The van der Waals surface area contributed by atoms with Crippen molar-refractivity contribution in [2.24, 2.45) is 5.10 Å². The second kappa shape index (κ2) is 8.51. The molecule has 2 N–H and O–H groups in total. The third-order valence-electron chi connectivity index (χ3n) is 4.12. The highest BCUT2D eigenvalue weighted by atomic mass is 32.1. The summed E-state index contributed by atoms with van der Waals surface area (Å²) in [6.45, 7) is 4.11. The van der Waals surface area contributed by atoms with Crippen LogP contribution in [0.4, 0.5) is 5.69 Å². The number of hydrogen-bond donors (Lipinski definition) is 2. The van der Waals surface area contributed by atoms with Crippen molar-refractivity contribution >= 4 is 29.2 Å². The van der Waals surface area contributed by atoms with Gasteiger partial charge in [-0.3, -0.25) is 5.43 Å². The average Bonchev–Trinajstić information content (AvgIpc) is 3.12. The monoisotopic (exact) mass is 378 g/mol. The van der Waals surface area contributed by atoms with Gasteiger partial charge in [0.1, 0.15) is 5.75 Å². The third kappa shape index (κ3) is 4.74. The van der Waals surface area contributed by atoms with E-state index in [9.17, 15) is 0 Å². The number of nitrogens with zero attached hydrogens (tertiary/aromatic N) is 2. The molecule has 27 heavy (non-hydrogen) atoms. The molecule has 0 bridgehead atoms. The van der Waals surface area contributed by atoms with E-state index in [0.717, 1.165) is 28.4 Å². The minimum atomic E-state index is 0.445. The predicted molar refractivity (Wildman–Crippen MR) is 115 cm³/mol. The second-order valence-corrected chi connectivity index (χ2v) is 6.55. The number of hydrazone groups is 1. The van der Waals surface area contributed by atoms with Crippen molar-refractivity contribution in [3.05, 3.63) is 77.6 Å². The van der Waals surface area contributed by atoms with Crippen LogP contribution in [0.2, 0.25) is 0 Å². The summed E-state index contributed by atoms with van der Waals surface area (Å²) in [5.74, 6) is 0.825. The number of nitrogens with one attached hydrogen (secondary N) is 2. The Hall–Kier alpha value is -3.12. The van der Waals surface area contributed by atoms with Crippen molar-refractivity contribution in [3.63, 3.8) is 0 Å².